The Labute approximate surface area is 189 Å². The monoisotopic (exact) mass is 485 g/mol. The SMILES string of the molecule is CC(C)(C)c1noc(CCCC(=O)Nc2cccc(C(=O)Nc3ccc(Br)cn3)c2)n1. The number of carbonyl (C=O) groups is 2. The Kier molecular flexibility index (Phi) is 7.17. The lowest BCUT2D eigenvalue weighted by atomic mass is 9.96. The second-order valence-corrected chi connectivity index (χ2v) is 8.98. The summed E-state index contributed by atoms with van der Waals surface area (Å²) in [4.78, 5) is 33.2. The van der Waals surface area contributed by atoms with Crippen LogP contribution in [-0.4, -0.2) is 26.9 Å². The Balaban J connectivity index is 1.50. The molecular weight excluding hydrogens is 462 g/mol. The van der Waals surface area contributed by atoms with Crippen LogP contribution in [0.15, 0.2) is 51.6 Å². The maximum Gasteiger partial charge on any atom is 0.256 e. The second kappa shape index (κ2) is 9.82. The highest BCUT2D eigenvalue weighted by Gasteiger charge is 2.20. The molecule has 8 nitrogen and oxygen atoms in total. The molecule has 0 aliphatic heterocycles. The lowest BCUT2D eigenvalue weighted by Crippen LogP contribution is -2.15. The second-order valence-electron chi connectivity index (χ2n) is 8.06. The van der Waals surface area contributed by atoms with Crippen molar-refractivity contribution in [2.24, 2.45) is 0 Å². The quantitative estimate of drug-likeness (QED) is 0.499. The van der Waals surface area contributed by atoms with E-state index in [0.717, 1.165) is 4.47 Å². The Bertz CT molecular complexity index is 1060. The summed E-state index contributed by atoms with van der Waals surface area (Å²) >= 11 is 3.30. The van der Waals surface area contributed by atoms with Gasteiger partial charge in [0.2, 0.25) is 11.8 Å². The number of nitrogens with zero attached hydrogens (tertiary/aromatic N) is 3. The van der Waals surface area contributed by atoms with Crippen molar-refractivity contribution in [2.45, 2.75) is 45.4 Å². The molecule has 1 aromatic carbocycles. The first-order chi connectivity index (χ1) is 14.7. The Morgan fingerprint density at radius 2 is 1.94 bits per heavy atom. The van der Waals surface area contributed by atoms with Crippen molar-refractivity contribution in [2.75, 3.05) is 10.6 Å². The lowest BCUT2D eigenvalue weighted by molar-refractivity contribution is -0.116. The standard InChI is InChI=1S/C22H24BrN5O3/c1-22(2,3)21-27-19(31-28-21)9-5-8-18(29)25-16-7-4-6-14(12-16)20(30)26-17-11-10-15(23)13-24-17/h4,6-7,10-13H,5,8-9H2,1-3H3,(H,25,29)(H,24,26,30). The van der Waals surface area contributed by atoms with Crippen molar-refractivity contribution in [3.63, 3.8) is 0 Å². The summed E-state index contributed by atoms with van der Waals surface area (Å²) < 4.78 is 6.07. The highest BCUT2D eigenvalue weighted by atomic mass is 79.9. The number of pyridine rings is 1. The predicted molar refractivity (Wildman–Crippen MR) is 121 cm³/mol. The van der Waals surface area contributed by atoms with E-state index in [2.05, 4.69) is 41.7 Å². The maximum absolute atomic E-state index is 12.4. The number of rotatable bonds is 7. The molecule has 0 aliphatic rings. The Morgan fingerprint density at radius 3 is 2.61 bits per heavy atom. The minimum absolute atomic E-state index is 0.150. The van der Waals surface area contributed by atoms with Crippen LogP contribution in [0.2, 0.25) is 0 Å². The van der Waals surface area contributed by atoms with Crippen molar-refractivity contribution in [1.29, 1.82) is 0 Å². The van der Waals surface area contributed by atoms with Crippen LogP contribution in [0.3, 0.4) is 0 Å². The Hall–Kier alpha value is -3.07. The molecule has 9 heteroatoms. The van der Waals surface area contributed by atoms with Crippen LogP contribution in [0.5, 0.6) is 0 Å². The van der Waals surface area contributed by atoms with E-state index in [-0.39, 0.29) is 17.2 Å². The molecule has 0 saturated carbocycles. The summed E-state index contributed by atoms with van der Waals surface area (Å²) in [5.41, 5.74) is 0.793. The van der Waals surface area contributed by atoms with Gasteiger partial charge in [0.15, 0.2) is 5.82 Å². The minimum Gasteiger partial charge on any atom is -0.339 e. The minimum atomic E-state index is -0.308. The van der Waals surface area contributed by atoms with E-state index in [0.29, 0.717) is 48.0 Å². The van der Waals surface area contributed by atoms with E-state index in [1.165, 1.54) is 0 Å². The lowest BCUT2D eigenvalue weighted by Gasteiger charge is -2.10. The van der Waals surface area contributed by atoms with Crippen LogP contribution in [0.25, 0.3) is 0 Å². The van der Waals surface area contributed by atoms with E-state index in [4.69, 9.17) is 4.52 Å². The summed E-state index contributed by atoms with van der Waals surface area (Å²) in [6.45, 7) is 6.04. The molecule has 0 spiro atoms. The van der Waals surface area contributed by atoms with E-state index in [9.17, 15) is 9.59 Å². The molecule has 0 bridgehead atoms. The van der Waals surface area contributed by atoms with Gasteiger partial charge in [-0.1, -0.05) is 32.0 Å². The van der Waals surface area contributed by atoms with Crippen LogP contribution >= 0.6 is 15.9 Å². The molecule has 3 aromatic rings. The van der Waals surface area contributed by atoms with Gasteiger partial charge in [0.05, 0.1) is 0 Å². The van der Waals surface area contributed by atoms with Gasteiger partial charge in [-0.15, -0.1) is 0 Å². The van der Waals surface area contributed by atoms with Crippen LogP contribution in [0.4, 0.5) is 11.5 Å². The summed E-state index contributed by atoms with van der Waals surface area (Å²) in [5, 5.41) is 9.52. The number of anilines is 2. The molecule has 31 heavy (non-hydrogen) atoms. The number of carbonyl (C=O) groups excluding carboxylic acids is 2. The van der Waals surface area contributed by atoms with Crippen LogP contribution in [-0.2, 0) is 16.6 Å². The van der Waals surface area contributed by atoms with Crippen molar-refractivity contribution in [3.05, 3.63) is 64.3 Å². The third-order valence-corrected chi connectivity index (χ3v) is 4.78. The van der Waals surface area contributed by atoms with Gasteiger partial charge in [0.1, 0.15) is 5.82 Å². The van der Waals surface area contributed by atoms with Crippen molar-refractivity contribution >= 4 is 39.2 Å². The average Bonchev–Trinajstić information content (AvgIpc) is 3.19. The van der Waals surface area contributed by atoms with Gasteiger partial charge in [0, 0.05) is 40.2 Å². The fourth-order valence-electron chi connectivity index (χ4n) is 2.66. The largest absolute Gasteiger partial charge is 0.339 e. The Morgan fingerprint density at radius 1 is 1.13 bits per heavy atom. The van der Waals surface area contributed by atoms with Crippen molar-refractivity contribution in [3.8, 4) is 0 Å². The first-order valence-electron chi connectivity index (χ1n) is 9.86. The molecule has 0 fully saturated rings. The predicted octanol–water partition coefficient (Wildman–Crippen LogP) is 4.74. The van der Waals surface area contributed by atoms with E-state index >= 15 is 0 Å². The zero-order chi connectivity index (χ0) is 22.4. The average molecular weight is 486 g/mol. The zero-order valence-corrected chi connectivity index (χ0v) is 19.2. The highest BCUT2D eigenvalue weighted by molar-refractivity contribution is 9.10. The molecule has 0 atom stereocenters. The molecule has 0 aliphatic carbocycles. The number of halogens is 1. The van der Waals surface area contributed by atoms with Gasteiger partial charge in [0.25, 0.3) is 5.91 Å². The van der Waals surface area contributed by atoms with Gasteiger partial charge in [-0.3, -0.25) is 9.59 Å². The molecular formula is C22H24BrN5O3. The molecule has 2 amide bonds. The molecule has 2 N–H and O–H groups in total. The number of hydrogen-bond donors (Lipinski definition) is 2. The smallest absolute Gasteiger partial charge is 0.256 e. The molecule has 2 heterocycles. The van der Waals surface area contributed by atoms with Gasteiger partial charge in [-0.2, -0.15) is 4.98 Å². The summed E-state index contributed by atoms with van der Waals surface area (Å²) in [6, 6.07) is 10.2. The fraction of sp³-hybridized carbons (Fsp3) is 0.318. The first kappa shape index (κ1) is 22.6. The van der Waals surface area contributed by atoms with Crippen LogP contribution < -0.4 is 10.6 Å². The summed E-state index contributed by atoms with van der Waals surface area (Å²) in [7, 11) is 0. The van der Waals surface area contributed by atoms with Gasteiger partial charge in [-0.05, 0) is 52.7 Å². The van der Waals surface area contributed by atoms with E-state index in [1.54, 1.807) is 42.6 Å². The number of amides is 2. The molecule has 0 radical (unpaired) electrons. The van der Waals surface area contributed by atoms with Crippen LogP contribution in [0.1, 0.15) is 55.7 Å². The summed E-state index contributed by atoms with van der Waals surface area (Å²) in [5.74, 6) is 1.16. The topological polar surface area (TPSA) is 110 Å². The number of aromatic nitrogens is 3. The number of hydrogen-bond acceptors (Lipinski definition) is 6. The van der Waals surface area contributed by atoms with E-state index in [1.807, 2.05) is 20.8 Å². The van der Waals surface area contributed by atoms with Crippen molar-refractivity contribution < 1.29 is 14.1 Å². The molecule has 3 rings (SSSR count). The van der Waals surface area contributed by atoms with Crippen LogP contribution in [0, 0.1) is 0 Å². The third-order valence-electron chi connectivity index (χ3n) is 4.31. The summed E-state index contributed by atoms with van der Waals surface area (Å²) in [6.07, 6.45) is 3.00. The number of nitrogens with one attached hydrogen (secondary N) is 2. The van der Waals surface area contributed by atoms with Crippen molar-refractivity contribution in [1.82, 2.24) is 15.1 Å². The normalized spacial score (nSPS) is 11.2. The molecule has 2 aromatic heterocycles. The fourth-order valence-corrected chi connectivity index (χ4v) is 2.90. The maximum atomic E-state index is 12.4. The zero-order valence-electron chi connectivity index (χ0n) is 17.6. The van der Waals surface area contributed by atoms with Gasteiger partial charge < -0.3 is 15.2 Å². The highest BCUT2D eigenvalue weighted by Crippen LogP contribution is 2.19. The van der Waals surface area contributed by atoms with Gasteiger partial charge >= 0.3 is 0 Å². The first-order valence-corrected chi connectivity index (χ1v) is 10.7. The number of benzene rings is 1. The molecule has 0 unspecified atom stereocenters. The number of aryl methyl sites for hydroxylation is 1. The molecule has 162 valence electrons. The third kappa shape index (κ3) is 6.71. The van der Waals surface area contributed by atoms with E-state index < -0.39 is 0 Å². The molecule has 0 saturated heterocycles. The van der Waals surface area contributed by atoms with Gasteiger partial charge in [-0.25, -0.2) is 4.98 Å².